The largest absolute Gasteiger partial charge is 0.508 e. The maximum absolute atomic E-state index is 10.3. The van der Waals surface area contributed by atoms with Crippen LogP contribution in [0.15, 0.2) is 42.5 Å². The monoisotopic (exact) mass is 262 g/mol. The Hall–Kier alpha value is -2.69. The van der Waals surface area contributed by atoms with Crippen LogP contribution in [0.5, 0.6) is 17.2 Å². The molecule has 0 saturated heterocycles. The number of benzene rings is 2. The molecule has 0 atom stereocenters. The topological polar surface area (TPSA) is 98.0 Å². The highest BCUT2D eigenvalue weighted by Crippen LogP contribution is 2.20. The predicted octanol–water partition coefficient (Wildman–Crippen LogP) is 2.50. The smallest absolute Gasteiger partial charge is 0.339 e. The number of aryl methyl sites for hydroxylation is 1. The van der Waals surface area contributed by atoms with E-state index in [-0.39, 0.29) is 22.8 Å². The lowest BCUT2D eigenvalue weighted by atomic mass is 10.2. The summed E-state index contributed by atoms with van der Waals surface area (Å²) in [6, 6.07) is 10.3. The van der Waals surface area contributed by atoms with E-state index in [0.717, 1.165) is 5.56 Å². The van der Waals surface area contributed by atoms with E-state index in [0.29, 0.717) is 0 Å². The number of hydrogen-bond donors (Lipinski definition) is 4. The Morgan fingerprint density at radius 1 is 0.947 bits per heavy atom. The standard InChI is InChI=1S/C7H6O3.C7H8O2/c8-6-4-2-1-3-5(6)7(9)10;1-5-2-3-6(8)4-7(5)9/h1-4,8H,(H,9,10);2-4,8-9H,1H3. The van der Waals surface area contributed by atoms with Crippen LogP contribution in [0.4, 0.5) is 0 Å². The van der Waals surface area contributed by atoms with Crippen molar-refractivity contribution in [3.63, 3.8) is 0 Å². The zero-order chi connectivity index (χ0) is 14.4. The Bertz CT molecular complexity index is 578. The molecule has 5 heteroatoms. The van der Waals surface area contributed by atoms with E-state index >= 15 is 0 Å². The van der Waals surface area contributed by atoms with Crippen molar-refractivity contribution in [2.24, 2.45) is 0 Å². The van der Waals surface area contributed by atoms with Gasteiger partial charge in [-0.25, -0.2) is 4.79 Å². The van der Waals surface area contributed by atoms with E-state index in [2.05, 4.69) is 0 Å². The number of aromatic carboxylic acids is 1. The Morgan fingerprint density at radius 3 is 2.00 bits per heavy atom. The molecule has 0 bridgehead atoms. The van der Waals surface area contributed by atoms with Gasteiger partial charge in [-0.3, -0.25) is 0 Å². The van der Waals surface area contributed by atoms with Gasteiger partial charge in [0.1, 0.15) is 22.8 Å². The van der Waals surface area contributed by atoms with E-state index in [1.807, 2.05) is 0 Å². The number of phenols is 3. The van der Waals surface area contributed by atoms with Crippen molar-refractivity contribution < 1.29 is 25.2 Å². The quantitative estimate of drug-likeness (QED) is 0.633. The van der Waals surface area contributed by atoms with Gasteiger partial charge in [-0.15, -0.1) is 0 Å². The lowest BCUT2D eigenvalue weighted by Gasteiger charge is -1.96. The molecule has 0 aliphatic carbocycles. The molecule has 19 heavy (non-hydrogen) atoms. The first kappa shape index (κ1) is 14.4. The van der Waals surface area contributed by atoms with E-state index in [1.165, 1.54) is 24.3 Å². The Balaban J connectivity index is 0.000000191. The fraction of sp³-hybridized carbons (Fsp3) is 0.0714. The number of carbonyl (C=O) groups is 1. The van der Waals surface area contributed by atoms with Crippen molar-refractivity contribution in [1.82, 2.24) is 0 Å². The van der Waals surface area contributed by atoms with Gasteiger partial charge >= 0.3 is 5.97 Å². The molecule has 0 amide bonds. The third-order valence-electron chi connectivity index (χ3n) is 2.33. The Labute approximate surface area is 110 Å². The van der Waals surface area contributed by atoms with Crippen LogP contribution in [0.2, 0.25) is 0 Å². The molecule has 4 N–H and O–H groups in total. The minimum atomic E-state index is -1.11. The van der Waals surface area contributed by atoms with E-state index in [1.54, 1.807) is 25.1 Å². The second kappa shape index (κ2) is 6.30. The van der Waals surface area contributed by atoms with Gasteiger partial charge in [0.05, 0.1) is 0 Å². The van der Waals surface area contributed by atoms with Crippen molar-refractivity contribution >= 4 is 5.97 Å². The second-order valence-electron chi connectivity index (χ2n) is 3.79. The molecule has 0 radical (unpaired) electrons. The number of para-hydroxylation sites is 1. The molecule has 5 nitrogen and oxygen atoms in total. The molecular weight excluding hydrogens is 248 g/mol. The highest BCUT2D eigenvalue weighted by molar-refractivity contribution is 5.90. The SMILES string of the molecule is Cc1ccc(O)cc1O.O=C(O)c1ccccc1O. The zero-order valence-corrected chi connectivity index (χ0v) is 10.2. The highest BCUT2D eigenvalue weighted by atomic mass is 16.4. The maximum Gasteiger partial charge on any atom is 0.339 e. The van der Waals surface area contributed by atoms with Crippen LogP contribution in [-0.2, 0) is 0 Å². The molecule has 2 aromatic rings. The molecular formula is C14H14O5. The van der Waals surface area contributed by atoms with Crippen molar-refractivity contribution in [3.05, 3.63) is 53.6 Å². The van der Waals surface area contributed by atoms with Crippen LogP contribution < -0.4 is 0 Å². The van der Waals surface area contributed by atoms with Crippen molar-refractivity contribution in [2.75, 3.05) is 0 Å². The summed E-state index contributed by atoms with van der Waals surface area (Å²) in [5, 5.41) is 35.0. The molecule has 0 aliphatic rings. The number of aromatic hydroxyl groups is 3. The lowest BCUT2D eigenvalue weighted by Crippen LogP contribution is -1.95. The second-order valence-corrected chi connectivity index (χ2v) is 3.79. The molecule has 2 aromatic carbocycles. The Morgan fingerprint density at radius 2 is 1.58 bits per heavy atom. The van der Waals surface area contributed by atoms with Gasteiger partial charge in [0, 0.05) is 6.07 Å². The molecule has 0 heterocycles. The molecule has 0 aliphatic heterocycles. The molecule has 0 saturated carbocycles. The molecule has 0 spiro atoms. The van der Waals surface area contributed by atoms with Gasteiger partial charge < -0.3 is 20.4 Å². The first-order chi connectivity index (χ1) is 8.91. The summed E-state index contributed by atoms with van der Waals surface area (Å²) < 4.78 is 0. The highest BCUT2D eigenvalue weighted by Gasteiger charge is 2.05. The fourth-order valence-electron chi connectivity index (χ4n) is 1.25. The zero-order valence-electron chi connectivity index (χ0n) is 10.2. The number of carboxylic acid groups (broad SMARTS) is 1. The van der Waals surface area contributed by atoms with Crippen LogP contribution >= 0.6 is 0 Å². The third-order valence-corrected chi connectivity index (χ3v) is 2.33. The third kappa shape index (κ3) is 4.23. The normalized spacial score (nSPS) is 9.32. The predicted molar refractivity (Wildman–Crippen MR) is 69.6 cm³/mol. The summed E-state index contributed by atoms with van der Waals surface area (Å²) in [6.45, 7) is 1.77. The van der Waals surface area contributed by atoms with Crippen LogP contribution in [0.1, 0.15) is 15.9 Å². The van der Waals surface area contributed by atoms with Gasteiger partial charge in [-0.05, 0) is 30.7 Å². The van der Waals surface area contributed by atoms with Crippen molar-refractivity contribution in [1.29, 1.82) is 0 Å². The Kier molecular flexibility index (Phi) is 4.76. The van der Waals surface area contributed by atoms with Gasteiger partial charge in [0.2, 0.25) is 0 Å². The summed E-state index contributed by atoms with van der Waals surface area (Å²) in [5.74, 6) is -1.08. The van der Waals surface area contributed by atoms with Gasteiger partial charge in [0.15, 0.2) is 0 Å². The molecule has 0 aromatic heterocycles. The molecule has 100 valence electrons. The first-order valence-corrected chi connectivity index (χ1v) is 5.41. The van der Waals surface area contributed by atoms with E-state index < -0.39 is 5.97 Å². The number of rotatable bonds is 1. The summed E-state index contributed by atoms with van der Waals surface area (Å²) in [5.41, 5.74) is 0.704. The maximum atomic E-state index is 10.3. The molecule has 2 rings (SSSR count). The lowest BCUT2D eigenvalue weighted by molar-refractivity contribution is 0.0693. The summed E-state index contributed by atoms with van der Waals surface area (Å²) >= 11 is 0. The first-order valence-electron chi connectivity index (χ1n) is 5.41. The van der Waals surface area contributed by atoms with Crippen LogP contribution in [0, 0.1) is 6.92 Å². The van der Waals surface area contributed by atoms with E-state index in [9.17, 15) is 4.79 Å². The van der Waals surface area contributed by atoms with Gasteiger partial charge in [-0.2, -0.15) is 0 Å². The molecule has 0 unspecified atom stereocenters. The van der Waals surface area contributed by atoms with Crippen molar-refractivity contribution in [2.45, 2.75) is 6.92 Å². The minimum absolute atomic E-state index is 0.0671. The summed E-state index contributed by atoms with van der Waals surface area (Å²) in [6.07, 6.45) is 0. The average Bonchev–Trinajstić information content (AvgIpc) is 2.35. The minimum Gasteiger partial charge on any atom is -0.508 e. The number of phenolic OH excluding ortho intramolecular Hbond substituents is 2. The number of carboxylic acids is 1. The van der Waals surface area contributed by atoms with Crippen LogP contribution in [-0.4, -0.2) is 26.4 Å². The summed E-state index contributed by atoms with van der Waals surface area (Å²) in [4.78, 5) is 10.3. The number of hydrogen-bond acceptors (Lipinski definition) is 4. The molecule has 0 fully saturated rings. The van der Waals surface area contributed by atoms with Crippen LogP contribution in [0.25, 0.3) is 0 Å². The fourth-order valence-corrected chi connectivity index (χ4v) is 1.25. The van der Waals surface area contributed by atoms with E-state index in [4.69, 9.17) is 20.4 Å². The van der Waals surface area contributed by atoms with Crippen molar-refractivity contribution in [3.8, 4) is 17.2 Å². The summed E-state index contributed by atoms with van der Waals surface area (Å²) in [7, 11) is 0. The van der Waals surface area contributed by atoms with Gasteiger partial charge in [0.25, 0.3) is 0 Å². The average molecular weight is 262 g/mol. The van der Waals surface area contributed by atoms with Crippen LogP contribution in [0.3, 0.4) is 0 Å². The van der Waals surface area contributed by atoms with Gasteiger partial charge in [-0.1, -0.05) is 18.2 Å².